The average Bonchev–Trinajstić information content (AvgIpc) is 3.22. The van der Waals surface area contributed by atoms with E-state index in [1.165, 1.54) is 12.8 Å². The smallest absolute Gasteiger partial charge is 0.413 e. The maximum absolute atomic E-state index is 12.7. The second kappa shape index (κ2) is 8.58. The molecule has 146 valence electrons. The van der Waals surface area contributed by atoms with Crippen LogP contribution in [0.25, 0.3) is 0 Å². The molecule has 0 spiro atoms. The van der Waals surface area contributed by atoms with Crippen molar-refractivity contribution >= 4 is 29.7 Å². The van der Waals surface area contributed by atoms with Crippen molar-refractivity contribution in [3.05, 3.63) is 0 Å². The van der Waals surface area contributed by atoms with E-state index in [4.69, 9.17) is 4.74 Å². The normalized spacial score (nSPS) is 34.2. The van der Waals surface area contributed by atoms with Crippen LogP contribution < -0.4 is 16.0 Å². The lowest BCUT2D eigenvalue weighted by Gasteiger charge is -2.34. The summed E-state index contributed by atoms with van der Waals surface area (Å²) in [6.45, 7) is 4.80. The molecule has 3 rings (SSSR count). The highest BCUT2D eigenvalue weighted by molar-refractivity contribution is 8.00. The van der Waals surface area contributed by atoms with Crippen molar-refractivity contribution in [2.75, 3.05) is 18.9 Å². The third-order valence-corrected chi connectivity index (χ3v) is 6.66. The molecule has 3 fully saturated rings. The van der Waals surface area contributed by atoms with Gasteiger partial charge in [-0.15, -0.1) is 11.8 Å². The van der Waals surface area contributed by atoms with Crippen molar-refractivity contribution in [3.8, 4) is 0 Å². The predicted octanol–water partition coefficient (Wildman–Crippen LogP) is 0.627. The number of alkyl carbamates (subject to hydrolysis) is 1. The summed E-state index contributed by atoms with van der Waals surface area (Å²) in [6.07, 6.45) is 3.58. The van der Waals surface area contributed by atoms with E-state index in [2.05, 4.69) is 27.8 Å². The molecule has 3 saturated heterocycles. The Bertz CT molecular complexity index is 561. The lowest BCUT2D eigenvalue weighted by molar-refractivity contribution is -0.126. The molecule has 3 N–H and O–H groups in total. The molecule has 5 unspecified atom stereocenters. The first-order chi connectivity index (χ1) is 12.5. The van der Waals surface area contributed by atoms with E-state index >= 15 is 0 Å². The molecule has 0 aromatic carbocycles. The highest BCUT2D eigenvalue weighted by atomic mass is 32.2. The van der Waals surface area contributed by atoms with Gasteiger partial charge in [-0.1, -0.05) is 0 Å². The molecule has 3 amide bonds. The third-order valence-electron chi connectivity index (χ3n) is 5.38. The number of hydrogen-bond acceptors (Lipinski definition) is 7. The van der Waals surface area contributed by atoms with Gasteiger partial charge >= 0.3 is 6.09 Å². The lowest BCUT2D eigenvalue weighted by Crippen LogP contribution is -2.50. The van der Waals surface area contributed by atoms with Crippen molar-refractivity contribution < 1.29 is 19.1 Å². The summed E-state index contributed by atoms with van der Waals surface area (Å²) in [6, 6.07) is 0.235. The lowest BCUT2D eigenvalue weighted by atomic mass is 10.0. The molecule has 0 saturated carbocycles. The zero-order valence-corrected chi connectivity index (χ0v) is 16.1. The minimum atomic E-state index is -0.734. The van der Waals surface area contributed by atoms with Gasteiger partial charge in [0.25, 0.3) is 0 Å². The number of rotatable bonds is 4. The Kier molecular flexibility index (Phi) is 6.42. The minimum Gasteiger partial charge on any atom is -0.450 e. The van der Waals surface area contributed by atoms with Crippen LogP contribution in [0, 0.1) is 5.92 Å². The van der Waals surface area contributed by atoms with E-state index in [1.54, 1.807) is 18.7 Å². The van der Waals surface area contributed by atoms with Crippen molar-refractivity contribution in [1.29, 1.82) is 0 Å². The summed E-state index contributed by atoms with van der Waals surface area (Å²) in [5.74, 6) is -0.101. The van der Waals surface area contributed by atoms with Gasteiger partial charge in [-0.05, 0) is 45.3 Å². The molecule has 3 aliphatic rings. The summed E-state index contributed by atoms with van der Waals surface area (Å²) in [5.41, 5.74) is 0. The number of thioether (sulfide) groups is 1. The predicted molar refractivity (Wildman–Crippen MR) is 98.4 cm³/mol. The number of carbonyl (C=O) groups is 3. The summed E-state index contributed by atoms with van der Waals surface area (Å²) in [5, 5.41) is 8.37. The number of carbonyl (C=O) groups excluding carboxylic acids is 3. The molecule has 9 heteroatoms. The topological polar surface area (TPSA) is 99.8 Å². The molecular weight excluding hydrogens is 356 g/mol. The van der Waals surface area contributed by atoms with Crippen LogP contribution in [-0.4, -0.2) is 65.3 Å². The number of hydrogen-bond donors (Lipinski definition) is 3. The fourth-order valence-electron chi connectivity index (χ4n) is 3.99. The van der Waals surface area contributed by atoms with Crippen molar-refractivity contribution in [3.63, 3.8) is 0 Å². The second-order valence-corrected chi connectivity index (χ2v) is 8.37. The second-order valence-electron chi connectivity index (χ2n) is 7.12. The van der Waals surface area contributed by atoms with Crippen LogP contribution in [0.2, 0.25) is 0 Å². The molecule has 26 heavy (non-hydrogen) atoms. The van der Waals surface area contributed by atoms with E-state index in [9.17, 15) is 14.4 Å². The first kappa shape index (κ1) is 19.4. The number of nitrogens with one attached hydrogen (secondary N) is 3. The summed E-state index contributed by atoms with van der Waals surface area (Å²) in [4.78, 5) is 38.8. The van der Waals surface area contributed by atoms with E-state index in [0.717, 1.165) is 12.2 Å². The molecular formula is C17H28N4O4S. The largest absolute Gasteiger partial charge is 0.450 e. The molecule has 3 heterocycles. The minimum absolute atomic E-state index is 0.0695. The number of nitrogens with zero attached hydrogens (tertiary/aromatic N) is 1. The molecule has 0 aliphatic carbocycles. The first-order valence-electron chi connectivity index (χ1n) is 9.41. The molecule has 0 aromatic heterocycles. The maximum atomic E-state index is 12.7. The van der Waals surface area contributed by atoms with E-state index in [1.807, 2.05) is 0 Å². The van der Waals surface area contributed by atoms with Gasteiger partial charge in [-0.2, -0.15) is 0 Å². The van der Waals surface area contributed by atoms with Crippen molar-refractivity contribution in [2.24, 2.45) is 5.92 Å². The Labute approximate surface area is 158 Å². The van der Waals surface area contributed by atoms with Gasteiger partial charge < -0.3 is 10.1 Å². The number of ether oxygens (including phenoxy) is 1. The molecule has 0 aromatic rings. The summed E-state index contributed by atoms with van der Waals surface area (Å²) < 4.78 is 4.75. The molecule has 8 nitrogen and oxygen atoms in total. The van der Waals surface area contributed by atoms with E-state index in [0.29, 0.717) is 19.0 Å². The molecule has 0 radical (unpaired) electrons. The van der Waals surface area contributed by atoms with Crippen LogP contribution >= 0.6 is 11.8 Å². The fraction of sp³-hybridized carbons (Fsp3) is 0.824. The quantitative estimate of drug-likeness (QED) is 0.654. The first-order valence-corrected chi connectivity index (χ1v) is 10.5. The van der Waals surface area contributed by atoms with Gasteiger partial charge in [-0.25, -0.2) is 4.79 Å². The molecule has 5 atom stereocenters. The van der Waals surface area contributed by atoms with Gasteiger partial charge in [0.15, 0.2) is 0 Å². The summed E-state index contributed by atoms with van der Waals surface area (Å²) in [7, 11) is 0. The Hall–Kier alpha value is -1.32. The zero-order valence-electron chi connectivity index (χ0n) is 15.3. The van der Waals surface area contributed by atoms with Gasteiger partial charge in [-0.3, -0.25) is 25.1 Å². The Morgan fingerprint density at radius 2 is 2.04 bits per heavy atom. The van der Waals surface area contributed by atoms with Crippen LogP contribution in [0.1, 0.15) is 39.5 Å². The van der Waals surface area contributed by atoms with Gasteiger partial charge in [0.1, 0.15) is 6.04 Å². The third kappa shape index (κ3) is 4.32. The van der Waals surface area contributed by atoms with Gasteiger partial charge in [0.2, 0.25) is 11.8 Å². The van der Waals surface area contributed by atoms with E-state index in [-0.39, 0.29) is 36.0 Å². The Morgan fingerprint density at radius 1 is 1.23 bits per heavy atom. The average molecular weight is 385 g/mol. The number of fused-ring (bicyclic) bond motifs is 1. The SMILES string of the molecule is CCOC(=O)NC(=O)C1CCSC1NC(=O)C1CN2C(C)CCCC2N1. The van der Waals surface area contributed by atoms with Crippen LogP contribution in [0.4, 0.5) is 4.79 Å². The highest BCUT2D eigenvalue weighted by Crippen LogP contribution is 2.31. The molecule has 3 aliphatic heterocycles. The highest BCUT2D eigenvalue weighted by Gasteiger charge is 2.42. The fourth-order valence-corrected chi connectivity index (χ4v) is 5.32. The summed E-state index contributed by atoms with van der Waals surface area (Å²) >= 11 is 1.55. The maximum Gasteiger partial charge on any atom is 0.413 e. The van der Waals surface area contributed by atoms with Crippen molar-refractivity contribution in [1.82, 2.24) is 20.9 Å². The van der Waals surface area contributed by atoms with Crippen LogP contribution in [0.15, 0.2) is 0 Å². The monoisotopic (exact) mass is 384 g/mol. The number of imide groups is 1. The number of piperidine rings is 1. The van der Waals surface area contributed by atoms with Gasteiger partial charge in [0.05, 0.1) is 24.1 Å². The number of amides is 3. The van der Waals surface area contributed by atoms with Crippen LogP contribution in [0.3, 0.4) is 0 Å². The Balaban J connectivity index is 1.53. The molecule has 0 bridgehead atoms. The van der Waals surface area contributed by atoms with Crippen LogP contribution in [-0.2, 0) is 14.3 Å². The zero-order chi connectivity index (χ0) is 18.7. The van der Waals surface area contributed by atoms with Crippen LogP contribution in [0.5, 0.6) is 0 Å². The van der Waals surface area contributed by atoms with Gasteiger partial charge in [0, 0.05) is 12.6 Å². The standard InChI is InChI=1S/C17H28N4O4S/c1-3-25-17(24)20-14(22)11-7-8-26-16(11)19-15(23)12-9-21-10(2)5-4-6-13(21)18-12/h10-13,16,18H,3-9H2,1-2H3,(H,19,23)(H,20,22,24). The Morgan fingerprint density at radius 3 is 2.77 bits per heavy atom. The van der Waals surface area contributed by atoms with E-state index < -0.39 is 12.0 Å². The van der Waals surface area contributed by atoms with Crippen molar-refractivity contribution in [2.45, 2.75) is 63.2 Å².